The number of fused-ring (bicyclic) bond motifs is 1. The molecule has 3 nitrogen and oxygen atoms in total. The van der Waals surface area contributed by atoms with Crippen molar-refractivity contribution in [3.8, 4) is 5.75 Å². The molecule has 0 fully saturated rings. The zero-order chi connectivity index (χ0) is 21.6. The van der Waals surface area contributed by atoms with Crippen molar-refractivity contribution in [2.75, 3.05) is 13.7 Å². The van der Waals surface area contributed by atoms with E-state index in [0.29, 0.717) is 12.1 Å². The number of benzene rings is 3. The molecular weight excluding hydrogens is 400 g/mol. The van der Waals surface area contributed by atoms with Gasteiger partial charge in [-0.2, -0.15) is 0 Å². The van der Waals surface area contributed by atoms with E-state index in [1.54, 1.807) is 7.11 Å². The van der Waals surface area contributed by atoms with Crippen LogP contribution in [0.15, 0.2) is 72.8 Å². The Hall–Kier alpha value is -2.69. The minimum atomic E-state index is 0.324. The lowest BCUT2D eigenvalue weighted by atomic mass is 9.87. The molecule has 0 spiro atoms. The Morgan fingerprint density at radius 2 is 1.84 bits per heavy atom. The average molecular weight is 431 g/mol. The Labute approximate surface area is 190 Å². The van der Waals surface area contributed by atoms with Crippen LogP contribution < -0.4 is 15.4 Å². The lowest BCUT2D eigenvalue weighted by molar-refractivity contribution is 0.383. The largest absolute Gasteiger partial charge is 0.496 e. The number of hydrogen-bond acceptors (Lipinski definition) is 3. The molecule has 4 heteroatoms. The summed E-state index contributed by atoms with van der Waals surface area (Å²) in [4.78, 5) is 0.738. The van der Waals surface area contributed by atoms with Crippen LogP contribution >= 0.6 is 12.2 Å². The summed E-state index contributed by atoms with van der Waals surface area (Å²) < 4.78 is 5.51. The fraction of sp³-hybridized carbons (Fsp3) is 0.296. The third-order valence-electron chi connectivity index (χ3n) is 6.01. The fourth-order valence-corrected chi connectivity index (χ4v) is 4.64. The standard InChI is InChI=1S/C27H30N2OS/c1-19-12-15-26(30-2)24(16-19)27(31)28-18-22-17-21-10-6-7-11-23(21)25(29-22)14-13-20-8-4-3-5-9-20/h3-12,15-16,22,25,29H,13-14,17-18H2,1-2H3,(H,28,31)/t22-,25?/m0/s1. The minimum absolute atomic E-state index is 0.324. The van der Waals surface area contributed by atoms with Gasteiger partial charge in [0.2, 0.25) is 0 Å². The molecule has 1 heterocycles. The molecule has 2 atom stereocenters. The maximum absolute atomic E-state index is 5.71. The Morgan fingerprint density at radius 3 is 2.65 bits per heavy atom. The molecule has 0 saturated carbocycles. The highest BCUT2D eigenvalue weighted by atomic mass is 32.1. The van der Waals surface area contributed by atoms with Crippen molar-refractivity contribution in [2.45, 2.75) is 38.3 Å². The average Bonchev–Trinajstić information content (AvgIpc) is 2.81. The van der Waals surface area contributed by atoms with Crippen molar-refractivity contribution in [2.24, 2.45) is 0 Å². The SMILES string of the molecule is COc1ccc(C)cc1C(=S)NC[C@@H]1Cc2ccccc2C(CCc2ccccc2)N1. The lowest BCUT2D eigenvalue weighted by Crippen LogP contribution is -2.46. The number of aryl methyl sites for hydroxylation is 2. The summed E-state index contributed by atoms with van der Waals surface area (Å²) in [6.07, 6.45) is 3.14. The number of hydrogen-bond donors (Lipinski definition) is 2. The second-order valence-electron chi connectivity index (χ2n) is 8.26. The molecule has 0 aliphatic carbocycles. The van der Waals surface area contributed by atoms with Crippen LogP contribution in [0, 0.1) is 6.92 Å². The van der Waals surface area contributed by atoms with Crippen LogP contribution in [-0.2, 0) is 12.8 Å². The number of nitrogens with one attached hydrogen (secondary N) is 2. The van der Waals surface area contributed by atoms with Gasteiger partial charge in [-0.1, -0.05) is 78.4 Å². The number of thiocarbonyl (C=S) groups is 1. The summed E-state index contributed by atoms with van der Waals surface area (Å²) in [5, 5.41) is 7.36. The van der Waals surface area contributed by atoms with Gasteiger partial charge in [0, 0.05) is 18.6 Å². The second-order valence-corrected chi connectivity index (χ2v) is 8.67. The molecule has 3 aromatic carbocycles. The smallest absolute Gasteiger partial charge is 0.129 e. The number of rotatable bonds is 7. The molecule has 1 aliphatic heterocycles. The van der Waals surface area contributed by atoms with Crippen molar-refractivity contribution in [3.63, 3.8) is 0 Å². The van der Waals surface area contributed by atoms with Crippen molar-refractivity contribution in [1.29, 1.82) is 0 Å². The van der Waals surface area contributed by atoms with Gasteiger partial charge in [-0.15, -0.1) is 0 Å². The highest BCUT2D eigenvalue weighted by molar-refractivity contribution is 7.80. The topological polar surface area (TPSA) is 33.3 Å². The summed E-state index contributed by atoms with van der Waals surface area (Å²) in [6, 6.07) is 26.3. The first-order valence-electron chi connectivity index (χ1n) is 10.9. The van der Waals surface area contributed by atoms with Crippen molar-refractivity contribution in [3.05, 3.63) is 101 Å². The molecular formula is C27H30N2OS. The van der Waals surface area contributed by atoms with E-state index < -0.39 is 0 Å². The van der Waals surface area contributed by atoms with Gasteiger partial charge in [-0.25, -0.2) is 0 Å². The van der Waals surface area contributed by atoms with Crippen LogP contribution in [0.3, 0.4) is 0 Å². The Bertz CT molecular complexity index is 1030. The lowest BCUT2D eigenvalue weighted by Gasteiger charge is -2.34. The Balaban J connectivity index is 1.43. The molecule has 0 bridgehead atoms. The summed E-state index contributed by atoms with van der Waals surface area (Å²) in [5.74, 6) is 0.811. The number of ether oxygens (including phenoxy) is 1. The quantitative estimate of drug-likeness (QED) is 0.508. The van der Waals surface area contributed by atoms with Gasteiger partial charge in [0.25, 0.3) is 0 Å². The van der Waals surface area contributed by atoms with E-state index in [4.69, 9.17) is 17.0 Å². The van der Waals surface area contributed by atoms with Crippen LogP contribution in [-0.4, -0.2) is 24.7 Å². The van der Waals surface area contributed by atoms with Gasteiger partial charge >= 0.3 is 0 Å². The van der Waals surface area contributed by atoms with E-state index >= 15 is 0 Å². The van der Waals surface area contributed by atoms with Gasteiger partial charge in [0.1, 0.15) is 10.7 Å². The summed E-state index contributed by atoms with van der Waals surface area (Å²) in [7, 11) is 1.69. The Morgan fingerprint density at radius 1 is 1.06 bits per heavy atom. The zero-order valence-corrected chi connectivity index (χ0v) is 19.0. The van der Waals surface area contributed by atoms with Gasteiger partial charge in [0.05, 0.1) is 12.7 Å². The molecule has 1 aliphatic rings. The molecule has 0 radical (unpaired) electrons. The molecule has 3 aromatic rings. The molecule has 2 N–H and O–H groups in total. The summed E-state index contributed by atoms with van der Waals surface area (Å²) in [5.41, 5.74) is 6.37. The van der Waals surface area contributed by atoms with Crippen LogP contribution in [0.1, 0.15) is 40.3 Å². The van der Waals surface area contributed by atoms with Crippen molar-refractivity contribution in [1.82, 2.24) is 10.6 Å². The van der Waals surface area contributed by atoms with Gasteiger partial charge < -0.3 is 15.4 Å². The third kappa shape index (κ3) is 5.33. The van der Waals surface area contributed by atoms with E-state index in [-0.39, 0.29) is 0 Å². The monoisotopic (exact) mass is 430 g/mol. The van der Waals surface area contributed by atoms with Crippen LogP contribution in [0.25, 0.3) is 0 Å². The van der Waals surface area contributed by atoms with Crippen LogP contribution in [0.2, 0.25) is 0 Å². The first-order valence-corrected chi connectivity index (χ1v) is 11.4. The second kappa shape index (κ2) is 10.1. The van der Waals surface area contributed by atoms with Crippen LogP contribution in [0.4, 0.5) is 0 Å². The predicted octanol–water partition coefficient (Wildman–Crippen LogP) is 5.16. The first-order chi connectivity index (χ1) is 15.1. The van der Waals surface area contributed by atoms with Gasteiger partial charge in [0.15, 0.2) is 0 Å². The van der Waals surface area contributed by atoms with Crippen LogP contribution in [0.5, 0.6) is 5.75 Å². The van der Waals surface area contributed by atoms with E-state index in [1.807, 2.05) is 12.1 Å². The molecule has 31 heavy (non-hydrogen) atoms. The molecule has 4 rings (SSSR count). The summed E-state index contributed by atoms with van der Waals surface area (Å²) in [6.45, 7) is 2.86. The van der Waals surface area contributed by atoms with E-state index in [2.05, 4.69) is 78.2 Å². The predicted molar refractivity (Wildman–Crippen MR) is 132 cm³/mol. The number of methoxy groups -OCH3 is 1. The highest BCUT2D eigenvalue weighted by Crippen LogP contribution is 2.29. The molecule has 160 valence electrons. The normalized spacial score (nSPS) is 17.6. The molecule has 0 amide bonds. The summed E-state index contributed by atoms with van der Waals surface area (Å²) >= 11 is 5.71. The van der Waals surface area contributed by atoms with E-state index in [1.165, 1.54) is 22.3 Å². The van der Waals surface area contributed by atoms with Crippen molar-refractivity contribution < 1.29 is 4.74 Å². The van der Waals surface area contributed by atoms with E-state index in [9.17, 15) is 0 Å². The van der Waals surface area contributed by atoms with Crippen molar-refractivity contribution >= 4 is 17.2 Å². The van der Waals surface area contributed by atoms with Gasteiger partial charge in [-0.3, -0.25) is 0 Å². The molecule has 1 unspecified atom stereocenters. The van der Waals surface area contributed by atoms with Gasteiger partial charge in [-0.05, 0) is 55.0 Å². The van der Waals surface area contributed by atoms with E-state index in [0.717, 1.165) is 42.1 Å². The molecule has 0 saturated heterocycles. The molecule has 0 aromatic heterocycles. The highest BCUT2D eigenvalue weighted by Gasteiger charge is 2.26. The maximum atomic E-state index is 5.71. The maximum Gasteiger partial charge on any atom is 0.129 e. The fourth-order valence-electron chi connectivity index (χ4n) is 4.39. The zero-order valence-electron chi connectivity index (χ0n) is 18.2. The minimum Gasteiger partial charge on any atom is -0.496 e. The first kappa shape index (κ1) is 21.5. The Kier molecular flexibility index (Phi) is 7.00. The third-order valence-corrected chi connectivity index (χ3v) is 6.37.